The number of nitrogens with one attached hydrogen (secondary N) is 2. The molecule has 1 heterocycles. The molecule has 2 N–H and O–H groups in total. The highest BCUT2D eigenvalue weighted by Gasteiger charge is 2.21. The number of nitrogens with zero attached hydrogens (tertiary/aromatic N) is 1. The molecular formula is C10H12ClN3O. The average molecular weight is 226 g/mol. The molecule has 0 unspecified atom stereocenters. The van der Waals surface area contributed by atoms with E-state index in [-0.39, 0.29) is 5.91 Å². The third-order valence-corrected chi connectivity index (χ3v) is 2.32. The zero-order chi connectivity index (χ0) is 10.7. The number of hydrogen-bond acceptors (Lipinski definition) is 3. The fourth-order valence-corrected chi connectivity index (χ4v) is 1.35. The van der Waals surface area contributed by atoms with E-state index in [0.717, 1.165) is 0 Å². The van der Waals surface area contributed by atoms with Gasteiger partial charge in [-0.05, 0) is 25.0 Å². The van der Waals surface area contributed by atoms with Crippen LogP contribution in [0.1, 0.15) is 12.8 Å². The van der Waals surface area contributed by atoms with Gasteiger partial charge >= 0.3 is 0 Å². The maximum atomic E-state index is 11.4. The van der Waals surface area contributed by atoms with Gasteiger partial charge in [0.1, 0.15) is 11.0 Å². The van der Waals surface area contributed by atoms with Crippen LogP contribution in [0.5, 0.6) is 0 Å². The van der Waals surface area contributed by atoms with Crippen LogP contribution >= 0.6 is 11.6 Å². The van der Waals surface area contributed by atoms with Gasteiger partial charge in [-0.1, -0.05) is 17.7 Å². The first-order valence-electron chi connectivity index (χ1n) is 4.90. The average Bonchev–Trinajstić information content (AvgIpc) is 2.98. The minimum Gasteiger partial charge on any atom is -0.310 e. The Morgan fingerprint density at radius 3 is 3.00 bits per heavy atom. The molecule has 0 aromatic carbocycles. The summed E-state index contributed by atoms with van der Waals surface area (Å²) >= 11 is 5.69. The van der Waals surface area contributed by atoms with Crippen molar-refractivity contribution in [1.29, 1.82) is 0 Å². The Balaban J connectivity index is 1.81. The van der Waals surface area contributed by atoms with E-state index in [1.807, 2.05) is 0 Å². The SMILES string of the molecule is O=C(CNC1CC1)Nc1cccc(Cl)n1. The fourth-order valence-electron chi connectivity index (χ4n) is 1.19. The molecule has 2 rings (SSSR count). The minimum atomic E-state index is -0.0864. The van der Waals surface area contributed by atoms with Gasteiger partial charge in [0, 0.05) is 6.04 Å². The summed E-state index contributed by atoms with van der Waals surface area (Å²) in [5.74, 6) is 0.404. The predicted molar refractivity (Wildman–Crippen MR) is 58.9 cm³/mol. The number of pyridine rings is 1. The summed E-state index contributed by atoms with van der Waals surface area (Å²) in [4.78, 5) is 15.4. The van der Waals surface area contributed by atoms with Crippen LogP contribution < -0.4 is 10.6 Å². The molecule has 15 heavy (non-hydrogen) atoms. The minimum absolute atomic E-state index is 0.0864. The molecule has 0 spiro atoms. The topological polar surface area (TPSA) is 54.0 Å². The molecule has 1 aromatic rings. The molecule has 0 aliphatic heterocycles. The van der Waals surface area contributed by atoms with Crippen LogP contribution in [0.2, 0.25) is 5.15 Å². The lowest BCUT2D eigenvalue weighted by molar-refractivity contribution is -0.115. The number of rotatable bonds is 4. The predicted octanol–water partition coefficient (Wildman–Crippen LogP) is 1.43. The van der Waals surface area contributed by atoms with Crippen molar-refractivity contribution in [3.63, 3.8) is 0 Å². The Hall–Kier alpha value is -1.13. The van der Waals surface area contributed by atoms with Gasteiger partial charge in [-0.3, -0.25) is 4.79 Å². The Bertz CT molecular complexity index is 365. The van der Waals surface area contributed by atoms with Gasteiger partial charge in [-0.2, -0.15) is 0 Å². The highest BCUT2D eigenvalue weighted by molar-refractivity contribution is 6.29. The second kappa shape index (κ2) is 4.59. The molecule has 80 valence electrons. The van der Waals surface area contributed by atoms with Crippen molar-refractivity contribution in [3.05, 3.63) is 23.4 Å². The molecule has 1 aliphatic rings. The summed E-state index contributed by atoms with van der Waals surface area (Å²) in [5, 5.41) is 6.17. The van der Waals surface area contributed by atoms with E-state index in [0.29, 0.717) is 23.6 Å². The Morgan fingerprint density at radius 2 is 2.33 bits per heavy atom. The first-order chi connectivity index (χ1) is 7.24. The summed E-state index contributed by atoms with van der Waals surface area (Å²) in [5.41, 5.74) is 0. The Labute approximate surface area is 93.0 Å². The number of halogens is 1. The van der Waals surface area contributed by atoms with Crippen LogP contribution in [-0.4, -0.2) is 23.5 Å². The van der Waals surface area contributed by atoms with E-state index in [1.54, 1.807) is 18.2 Å². The van der Waals surface area contributed by atoms with E-state index in [4.69, 9.17) is 11.6 Å². The van der Waals surface area contributed by atoms with Gasteiger partial charge in [0.2, 0.25) is 5.91 Å². The molecule has 1 aromatic heterocycles. The molecule has 1 fully saturated rings. The van der Waals surface area contributed by atoms with Crippen molar-refractivity contribution < 1.29 is 4.79 Å². The van der Waals surface area contributed by atoms with Gasteiger partial charge in [-0.25, -0.2) is 4.98 Å². The van der Waals surface area contributed by atoms with Crippen molar-refractivity contribution in [1.82, 2.24) is 10.3 Å². The van der Waals surface area contributed by atoms with Crippen molar-refractivity contribution in [2.24, 2.45) is 0 Å². The number of hydrogen-bond donors (Lipinski definition) is 2. The molecular weight excluding hydrogens is 214 g/mol. The monoisotopic (exact) mass is 225 g/mol. The van der Waals surface area contributed by atoms with E-state index in [1.165, 1.54) is 12.8 Å². The van der Waals surface area contributed by atoms with Crippen LogP contribution in [0, 0.1) is 0 Å². The van der Waals surface area contributed by atoms with Crippen molar-refractivity contribution in [2.45, 2.75) is 18.9 Å². The van der Waals surface area contributed by atoms with Crippen LogP contribution in [0.3, 0.4) is 0 Å². The maximum absolute atomic E-state index is 11.4. The molecule has 0 atom stereocenters. The van der Waals surface area contributed by atoms with Crippen LogP contribution in [0.25, 0.3) is 0 Å². The number of anilines is 1. The van der Waals surface area contributed by atoms with Crippen LogP contribution in [0.15, 0.2) is 18.2 Å². The normalized spacial score (nSPS) is 15.0. The van der Waals surface area contributed by atoms with Crippen molar-refractivity contribution in [3.8, 4) is 0 Å². The quantitative estimate of drug-likeness (QED) is 0.763. The zero-order valence-corrected chi connectivity index (χ0v) is 8.92. The number of amides is 1. The van der Waals surface area contributed by atoms with Gasteiger partial charge in [0.15, 0.2) is 0 Å². The van der Waals surface area contributed by atoms with E-state index in [2.05, 4.69) is 15.6 Å². The number of aromatic nitrogens is 1. The van der Waals surface area contributed by atoms with E-state index < -0.39 is 0 Å². The lowest BCUT2D eigenvalue weighted by Crippen LogP contribution is -2.29. The third-order valence-electron chi connectivity index (χ3n) is 2.11. The number of carbonyl (C=O) groups excluding carboxylic acids is 1. The third kappa shape index (κ3) is 3.49. The van der Waals surface area contributed by atoms with E-state index >= 15 is 0 Å². The summed E-state index contributed by atoms with van der Waals surface area (Å²) in [7, 11) is 0. The summed E-state index contributed by atoms with van der Waals surface area (Å²) < 4.78 is 0. The van der Waals surface area contributed by atoms with Gasteiger partial charge in [0.05, 0.1) is 6.54 Å². The standard InChI is InChI=1S/C10H12ClN3O/c11-8-2-1-3-9(13-8)14-10(15)6-12-7-4-5-7/h1-3,7,12H,4-6H2,(H,13,14,15). The smallest absolute Gasteiger partial charge is 0.239 e. The summed E-state index contributed by atoms with van der Waals surface area (Å²) in [6, 6.07) is 5.66. The molecule has 0 saturated heterocycles. The second-order valence-electron chi connectivity index (χ2n) is 3.55. The lowest BCUT2D eigenvalue weighted by Gasteiger charge is -2.04. The zero-order valence-electron chi connectivity index (χ0n) is 8.16. The highest BCUT2D eigenvalue weighted by Crippen LogP contribution is 2.18. The lowest BCUT2D eigenvalue weighted by atomic mass is 10.4. The first-order valence-corrected chi connectivity index (χ1v) is 5.27. The molecule has 1 amide bonds. The molecule has 1 saturated carbocycles. The molecule has 0 radical (unpaired) electrons. The number of carbonyl (C=O) groups is 1. The molecule has 4 nitrogen and oxygen atoms in total. The van der Waals surface area contributed by atoms with Gasteiger partial charge in [0.25, 0.3) is 0 Å². The summed E-state index contributed by atoms with van der Waals surface area (Å²) in [6.07, 6.45) is 2.34. The first kappa shape index (κ1) is 10.4. The highest BCUT2D eigenvalue weighted by atomic mass is 35.5. The second-order valence-corrected chi connectivity index (χ2v) is 3.94. The molecule has 0 bridgehead atoms. The molecule has 1 aliphatic carbocycles. The van der Waals surface area contributed by atoms with Crippen LogP contribution in [0.4, 0.5) is 5.82 Å². The van der Waals surface area contributed by atoms with Crippen molar-refractivity contribution in [2.75, 3.05) is 11.9 Å². The summed E-state index contributed by atoms with van der Waals surface area (Å²) in [6.45, 7) is 0.332. The van der Waals surface area contributed by atoms with Gasteiger partial charge in [-0.15, -0.1) is 0 Å². The fraction of sp³-hybridized carbons (Fsp3) is 0.400. The molecule has 5 heteroatoms. The largest absolute Gasteiger partial charge is 0.310 e. The van der Waals surface area contributed by atoms with Crippen LogP contribution in [-0.2, 0) is 4.79 Å². The van der Waals surface area contributed by atoms with Gasteiger partial charge < -0.3 is 10.6 Å². The Morgan fingerprint density at radius 1 is 1.53 bits per heavy atom. The van der Waals surface area contributed by atoms with Crippen molar-refractivity contribution >= 4 is 23.3 Å². The Kier molecular flexibility index (Phi) is 3.18. The van der Waals surface area contributed by atoms with E-state index in [9.17, 15) is 4.79 Å². The maximum Gasteiger partial charge on any atom is 0.239 e.